The van der Waals surface area contributed by atoms with Gasteiger partial charge in [-0.2, -0.15) is 0 Å². The lowest BCUT2D eigenvalue weighted by Crippen LogP contribution is -2.31. The summed E-state index contributed by atoms with van der Waals surface area (Å²) in [5.41, 5.74) is 5.95. The number of ether oxygens (including phenoxy) is 2. The van der Waals surface area contributed by atoms with Crippen LogP contribution in [0.4, 0.5) is 0 Å². The maximum atomic E-state index is 12.2. The average Bonchev–Trinajstić information content (AvgIpc) is 3.09. The highest BCUT2D eigenvalue weighted by Crippen LogP contribution is 2.40. The molecular weight excluding hydrogens is 586 g/mol. The van der Waals surface area contributed by atoms with Crippen molar-refractivity contribution in [3.8, 4) is 11.1 Å². The van der Waals surface area contributed by atoms with E-state index in [0.29, 0.717) is 25.8 Å². The summed E-state index contributed by atoms with van der Waals surface area (Å²) in [7, 11) is 0. The highest BCUT2D eigenvalue weighted by atomic mass is 32.2. The van der Waals surface area contributed by atoms with Crippen LogP contribution in [0.1, 0.15) is 66.8 Å². The Bertz CT molecular complexity index is 1530. The van der Waals surface area contributed by atoms with Crippen LogP contribution in [-0.2, 0) is 32.2 Å². The number of amides is 1. The number of carboxylic acid groups (broad SMARTS) is 1. The van der Waals surface area contributed by atoms with Crippen molar-refractivity contribution in [1.82, 2.24) is 5.32 Å². The van der Waals surface area contributed by atoms with Crippen molar-refractivity contribution in [2.45, 2.75) is 68.6 Å². The molecule has 4 aromatic rings. The number of carbonyl (C=O) groups excluding carboxylic acids is 1. The minimum absolute atomic E-state index is 0.00789. The fourth-order valence-electron chi connectivity index (χ4n) is 5.27. The Labute approximate surface area is 268 Å². The second kappa shape index (κ2) is 16.4. The Morgan fingerprint density at radius 1 is 0.778 bits per heavy atom. The van der Waals surface area contributed by atoms with Crippen molar-refractivity contribution in [3.63, 3.8) is 0 Å². The molecule has 7 nitrogen and oxygen atoms in total. The normalized spacial score (nSPS) is 17.9. The van der Waals surface area contributed by atoms with Crippen molar-refractivity contribution in [1.29, 1.82) is 0 Å². The number of carboxylic acids is 1. The quantitative estimate of drug-likeness (QED) is 0.0988. The Balaban J connectivity index is 1.24. The summed E-state index contributed by atoms with van der Waals surface area (Å²) >= 11 is 1.78. The van der Waals surface area contributed by atoms with Gasteiger partial charge in [0.05, 0.1) is 18.8 Å². The van der Waals surface area contributed by atoms with Gasteiger partial charge in [-0.15, -0.1) is 11.8 Å². The third kappa shape index (κ3) is 9.77. The number of rotatable bonds is 14. The summed E-state index contributed by atoms with van der Waals surface area (Å²) in [6.45, 7) is 0.421. The molecule has 45 heavy (non-hydrogen) atoms. The first-order chi connectivity index (χ1) is 22.0. The van der Waals surface area contributed by atoms with Gasteiger partial charge in [0, 0.05) is 42.0 Å². The first-order valence-corrected chi connectivity index (χ1v) is 16.3. The molecule has 0 aromatic heterocycles. The Hall–Kier alpha value is -3.95. The van der Waals surface area contributed by atoms with Crippen LogP contribution in [-0.4, -0.2) is 33.9 Å². The second-order valence-corrected chi connectivity index (χ2v) is 12.3. The van der Waals surface area contributed by atoms with Crippen LogP contribution in [0.3, 0.4) is 0 Å². The summed E-state index contributed by atoms with van der Waals surface area (Å²) in [5, 5.41) is 21.2. The molecular formula is C37H39NO6S. The van der Waals surface area contributed by atoms with Gasteiger partial charge in [0.15, 0.2) is 6.29 Å². The number of hydrogen-bond donors (Lipinski definition) is 3. The standard InChI is InChI=1S/C37H39NO6S/c39-24-26-13-15-29(16-14-26)34-22-32(25-45-33-9-2-1-3-10-33)43-37(44-34)30-19-17-28(18-20-30)31-8-6-7-27(21-31)23-38-35(40)11-4-5-12-36(41)42/h1-3,6-10,13-21,32,34,37,39H,4-5,11-12,22-25H2,(H,38,40)(H,41,42). The van der Waals surface area contributed by atoms with E-state index < -0.39 is 12.3 Å². The number of aliphatic hydroxyl groups excluding tert-OH is 1. The molecule has 1 saturated heterocycles. The van der Waals surface area contributed by atoms with Gasteiger partial charge in [-0.3, -0.25) is 9.59 Å². The summed E-state index contributed by atoms with van der Waals surface area (Å²) in [6, 6.07) is 34.5. The van der Waals surface area contributed by atoms with Crippen LogP contribution in [0.25, 0.3) is 11.1 Å². The van der Waals surface area contributed by atoms with Crippen molar-refractivity contribution in [2.24, 2.45) is 0 Å². The Morgan fingerprint density at radius 2 is 1.51 bits per heavy atom. The molecule has 1 heterocycles. The van der Waals surface area contributed by atoms with Gasteiger partial charge in [-0.1, -0.05) is 84.9 Å². The Morgan fingerprint density at radius 3 is 2.24 bits per heavy atom. The van der Waals surface area contributed by atoms with Crippen molar-refractivity contribution in [2.75, 3.05) is 5.75 Å². The van der Waals surface area contributed by atoms with Crippen LogP contribution in [0.2, 0.25) is 0 Å². The fraction of sp³-hybridized carbons (Fsp3) is 0.297. The number of unbranched alkanes of at least 4 members (excludes halogenated alkanes) is 1. The average molecular weight is 626 g/mol. The van der Waals surface area contributed by atoms with Crippen molar-refractivity contribution in [3.05, 3.63) is 125 Å². The van der Waals surface area contributed by atoms with E-state index in [9.17, 15) is 14.7 Å². The smallest absolute Gasteiger partial charge is 0.303 e. The van der Waals surface area contributed by atoms with Gasteiger partial charge in [0.1, 0.15) is 0 Å². The van der Waals surface area contributed by atoms with E-state index in [4.69, 9.17) is 14.6 Å². The van der Waals surface area contributed by atoms with Gasteiger partial charge < -0.3 is 25.0 Å². The zero-order valence-corrected chi connectivity index (χ0v) is 26.0. The maximum Gasteiger partial charge on any atom is 0.303 e. The van der Waals surface area contributed by atoms with Crippen molar-refractivity contribution >= 4 is 23.6 Å². The predicted molar refractivity (Wildman–Crippen MR) is 175 cm³/mol. The lowest BCUT2D eigenvalue weighted by molar-refractivity contribution is -0.245. The molecule has 3 N–H and O–H groups in total. The molecule has 4 aromatic carbocycles. The first-order valence-electron chi connectivity index (χ1n) is 15.3. The van der Waals surface area contributed by atoms with Crippen LogP contribution in [0, 0.1) is 0 Å². The third-order valence-corrected chi connectivity index (χ3v) is 8.92. The van der Waals surface area contributed by atoms with Crippen molar-refractivity contribution < 1.29 is 29.3 Å². The molecule has 0 radical (unpaired) electrons. The molecule has 5 rings (SSSR count). The number of aliphatic carboxylic acids is 1. The number of nitrogens with one attached hydrogen (secondary N) is 1. The van der Waals surface area contributed by atoms with E-state index in [1.165, 1.54) is 4.90 Å². The minimum Gasteiger partial charge on any atom is -0.481 e. The largest absolute Gasteiger partial charge is 0.481 e. The summed E-state index contributed by atoms with van der Waals surface area (Å²) in [6.07, 6.45) is 1.52. The number of benzene rings is 4. The first kappa shape index (κ1) is 32.4. The van der Waals surface area contributed by atoms with Crippen LogP contribution < -0.4 is 5.32 Å². The number of thioether (sulfide) groups is 1. The summed E-state index contributed by atoms with van der Waals surface area (Å²) < 4.78 is 13.0. The SMILES string of the molecule is O=C(O)CCCCC(=O)NCc1cccc(-c2ccc(C3OC(CSc4ccccc4)CC(c4ccc(CO)cc4)O3)cc2)c1. The zero-order chi connectivity index (χ0) is 31.4. The van der Waals surface area contributed by atoms with E-state index in [2.05, 4.69) is 35.6 Å². The predicted octanol–water partition coefficient (Wildman–Crippen LogP) is 7.44. The monoisotopic (exact) mass is 625 g/mol. The second-order valence-electron chi connectivity index (χ2n) is 11.2. The molecule has 0 saturated carbocycles. The van der Waals surface area contributed by atoms with Gasteiger partial charge in [0.25, 0.3) is 0 Å². The maximum absolute atomic E-state index is 12.2. The van der Waals surface area contributed by atoms with Crippen LogP contribution >= 0.6 is 11.8 Å². The molecule has 0 bridgehead atoms. The van der Waals surface area contributed by atoms with Crippen LogP contribution in [0.5, 0.6) is 0 Å². The van der Waals surface area contributed by atoms with E-state index in [0.717, 1.165) is 45.6 Å². The van der Waals surface area contributed by atoms with Gasteiger partial charge in [-0.05, 0) is 58.9 Å². The highest BCUT2D eigenvalue weighted by Gasteiger charge is 2.32. The van der Waals surface area contributed by atoms with Gasteiger partial charge >= 0.3 is 5.97 Å². The molecule has 1 aliphatic heterocycles. The molecule has 1 aliphatic rings. The third-order valence-electron chi connectivity index (χ3n) is 7.77. The van der Waals surface area contributed by atoms with E-state index >= 15 is 0 Å². The van der Waals surface area contributed by atoms with E-state index in [1.807, 2.05) is 72.8 Å². The molecule has 8 heteroatoms. The lowest BCUT2D eigenvalue weighted by atomic mass is 9.99. The molecule has 3 atom stereocenters. The molecule has 1 fully saturated rings. The molecule has 234 valence electrons. The Kier molecular flexibility index (Phi) is 11.8. The van der Waals surface area contributed by atoms with Gasteiger partial charge in [0.2, 0.25) is 5.91 Å². The molecule has 0 spiro atoms. The molecule has 3 unspecified atom stereocenters. The van der Waals surface area contributed by atoms with E-state index in [1.54, 1.807) is 11.8 Å². The fourth-order valence-corrected chi connectivity index (χ4v) is 6.22. The summed E-state index contributed by atoms with van der Waals surface area (Å²) in [5.74, 6) is -0.111. The number of aliphatic hydroxyl groups is 1. The number of hydrogen-bond acceptors (Lipinski definition) is 6. The minimum atomic E-state index is -0.837. The topological polar surface area (TPSA) is 105 Å². The van der Waals surface area contributed by atoms with Gasteiger partial charge in [-0.25, -0.2) is 0 Å². The van der Waals surface area contributed by atoms with Crippen LogP contribution in [0.15, 0.2) is 108 Å². The lowest BCUT2D eigenvalue weighted by Gasteiger charge is -2.36. The number of carbonyl (C=O) groups is 2. The zero-order valence-electron chi connectivity index (χ0n) is 25.1. The van der Waals surface area contributed by atoms with E-state index in [-0.39, 0.29) is 31.1 Å². The summed E-state index contributed by atoms with van der Waals surface area (Å²) in [4.78, 5) is 24.0. The molecule has 0 aliphatic carbocycles. The molecule has 1 amide bonds. The highest BCUT2D eigenvalue weighted by molar-refractivity contribution is 7.99.